The van der Waals surface area contributed by atoms with Crippen LogP contribution in [0.3, 0.4) is 0 Å². The van der Waals surface area contributed by atoms with Gasteiger partial charge in [0.25, 0.3) is 0 Å². The van der Waals surface area contributed by atoms with Crippen LogP contribution in [0.25, 0.3) is 0 Å². The molecule has 2 heteroatoms. The molecule has 1 N–H and O–H groups in total. The van der Waals surface area contributed by atoms with E-state index in [0.717, 1.165) is 24.2 Å². The predicted octanol–water partition coefficient (Wildman–Crippen LogP) is 3.02. The Morgan fingerprint density at radius 1 is 1.40 bits per heavy atom. The Morgan fingerprint density at radius 3 is 2.93 bits per heavy atom. The molecule has 2 nitrogen and oxygen atoms in total. The molecule has 1 aromatic rings. The van der Waals surface area contributed by atoms with Crippen molar-refractivity contribution in [3.8, 4) is 5.75 Å². The molecule has 2 rings (SSSR count). The molecule has 0 amide bonds. The van der Waals surface area contributed by atoms with Crippen molar-refractivity contribution < 1.29 is 9.84 Å². The standard InChI is InChI=1S/C13H18O2/c1-9(2)10-5-6-13-11(8-10)12(14)4-3-7-15-13/h5-6,8-9,12,14H,3-4,7H2,1-2H3/t12-/m1/s1. The van der Waals surface area contributed by atoms with Gasteiger partial charge in [0.05, 0.1) is 12.7 Å². The summed E-state index contributed by atoms with van der Waals surface area (Å²) in [5, 5.41) is 9.97. The molecule has 0 unspecified atom stereocenters. The van der Waals surface area contributed by atoms with E-state index < -0.39 is 0 Å². The minimum Gasteiger partial charge on any atom is -0.493 e. The quantitative estimate of drug-likeness (QED) is 0.765. The Balaban J connectivity index is 2.39. The fraction of sp³-hybridized carbons (Fsp3) is 0.538. The normalized spacial score (nSPS) is 20.7. The molecular weight excluding hydrogens is 188 g/mol. The summed E-state index contributed by atoms with van der Waals surface area (Å²) < 4.78 is 5.59. The first-order valence-electron chi connectivity index (χ1n) is 5.63. The third-order valence-corrected chi connectivity index (χ3v) is 2.94. The number of hydrogen-bond acceptors (Lipinski definition) is 2. The lowest BCUT2D eigenvalue weighted by Gasteiger charge is -2.14. The highest BCUT2D eigenvalue weighted by molar-refractivity contribution is 5.40. The average Bonchev–Trinajstić information content (AvgIpc) is 2.40. The molecule has 1 aromatic carbocycles. The molecule has 1 atom stereocenters. The zero-order valence-electron chi connectivity index (χ0n) is 9.36. The summed E-state index contributed by atoms with van der Waals surface area (Å²) in [5.41, 5.74) is 2.22. The first-order valence-corrected chi connectivity index (χ1v) is 5.63. The van der Waals surface area contributed by atoms with E-state index >= 15 is 0 Å². The van der Waals surface area contributed by atoms with Gasteiger partial charge in [0, 0.05) is 5.56 Å². The first kappa shape index (κ1) is 10.5. The summed E-state index contributed by atoms with van der Waals surface area (Å²) in [5.74, 6) is 1.34. The Morgan fingerprint density at radius 2 is 2.20 bits per heavy atom. The lowest BCUT2D eigenvalue weighted by Crippen LogP contribution is -1.99. The second-order valence-corrected chi connectivity index (χ2v) is 4.46. The van der Waals surface area contributed by atoms with E-state index in [1.165, 1.54) is 5.56 Å². The fourth-order valence-electron chi connectivity index (χ4n) is 1.93. The molecule has 0 bridgehead atoms. The van der Waals surface area contributed by atoms with Crippen LogP contribution in [0.15, 0.2) is 18.2 Å². The van der Waals surface area contributed by atoms with Crippen molar-refractivity contribution in [1.82, 2.24) is 0 Å². The van der Waals surface area contributed by atoms with Gasteiger partial charge >= 0.3 is 0 Å². The highest BCUT2D eigenvalue weighted by atomic mass is 16.5. The molecule has 0 aliphatic carbocycles. The summed E-state index contributed by atoms with van der Waals surface area (Å²) in [7, 11) is 0. The molecular formula is C13H18O2. The van der Waals surface area contributed by atoms with Crippen LogP contribution in [0.5, 0.6) is 5.75 Å². The number of rotatable bonds is 1. The second-order valence-electron chi connectivity index (χ2n) is 4.46. The number of fused-ring (bicyclic) bond motifs is 1. The summed E-state index contributed by atoms with van der Waals surface area (Å²) in [4.78, 5) is 0. The first-order chi connectivity index (χ1) is 7.18. The zero-order valence-corrected chi connectivity index (χ0v) is 9.36. The van der Waals surface area contributed by atoms with Crippen molar-refractivity contribution in [2.75, 3.05) is 6.61 Å². The van der Waals surface area contributed by atoms with Crippen molar-refractivity contribution in [2.45, 2.75) is 38.7 Å². The van der Waals surface area contributed by atoms with Gasteiger partial charge in [0.15, 0.2) is 0 Å². The average molecular weight is 206 g/mol. The van der Waals surface area contributed by atoms with E-state index in [1.807, 2.05) is 6.07 Å². The number of aliphatic hydroxyl groups is 1. The third-order valence-electron chi connectivity index (χ3n) is 2.94. The lowest BCUT2D eigenvalue weighted by molar-refractivity contribution is 0.167. The van der Waals surface area contributed by atoms with Crippen LogP contribution >= 0.6 is 0 Å². The molecule has 0 spiro atoms. The summed E-state index contributed by atoms with van der Waals surface area (Å²) >= 11 is 0. The van der Waals surface area contributed by atoms with E-state index in [4.69, 9.17) is 4.74 Å². The molecule has 0 saturated heterocycles. The van der Waals surface area contributed by atoms with Gasteiger partial charge in [0.2, 0.25) is 0 Å². The molecule has 1 aliphatic heterocycles. The van der Waals surface area contributed by atoms with Crippen LogP contribution in [-0.2, 0) is 0 Å². The lowest BCUT2D eigenvalue weighted by atomic mass is 9.97. The van der Waals surface area contributed by atoms with E-state index in [2.05, 4.69) is 26.0 Å². The van der Waals surface area contributed by atoms with E-state index in [-0.39, 0.29) is 6.10 Å². The largest absolute Gasteiger partial charge is 0.493 e. The third kappa shape index (κ3) is 2.15. The molecule has 15 heavy (non-hydrogen) atoms. The molecule has 82 valence electrons. The minimum absolute atomic E-state index is 0.360. The summed E-state index contributed by atoms with van der Waals surface area (Å²) in [6.45, 7) is 5.03. The van der Waals surface area contributed by atoms with Crippen LogP contribution < -0.4 is 4.74 Å². The van der Waals surface area contributed by atoms with E-state index in [9.17, 15) is 5.11 Å². The predicted molar refractivity (Wildman–Crippen MR) is 60.2 cm³/mol. The van der Waals surface area contributed by atoms with Gasteiger partial charge in [-0.3, -0.25) is 0 Å². The molecule has 0 fully saturated rings. The highest BCUT2D eigenvalue weighted by Crippen LogP contribution is 2.33. The van der Waals surface area contributed by atoms with Crippen molar-refractivity contribution in [3.05, 3.63) is 29.3 Å². The monoisotopic (exact) mass is 206 g/mol. The van der Waals surface area contributed by atoms with Gasteiger partial charge in [0.1, 0.15) is 5.75 Å². The zero-order chi connectivity index (χ0) is 10.8. The van der Waals surface area contributed by atoms with Crippen molar-refractivity contribution in [3.63, 3.8) is 0 Å². The van der Waals surface area contributed by atoms with Crippen LogP contribution in [-0.4, -0.2) is 11.7 Å². The number of ether oxygens (including phenoxy) is 1. The Bertz CT molecular complexity index is 344. The van der Waals surface area contributed by atoms with Gasteiger partial charge < -0.3 is 9.84 Å². The van der Waals surface area contributed by atoms with Crippen molar-refractivity contribution in [1.29, 1.82) is 0 Å². The number of benzene rings is 1. The van der Waals surface area contributed by atoms with E-state index in [0.29, 0.717) is 12.5 Å². The summed E-state index contributed by atoms with van der Waals surface area (Å²) in [6, 6.07) is 6.15. The van der Waals surface area contributed by atoms with Crippen molar-refractivity contribution in [2.24, 2.45) is 0 Å². The van der Waals surface area contributed by atoms with Gasteiger partial charge in [-0.05, 0) is 36.5 Å². The Kier molecular flexibility index (Phi) is 2.96. The Labute approximate surface area is 90.9 Å². The van der Waals surface area contributed by atoms with E-state index in [1.54, 1.807) is 0 Å². The molecule has 0 radical (unpaired) electrons. The van der Waals surface area contributed by atoms with Crippen molar-refractivity contribution >= 4 is 0 Å². The van der Waals surface area contributed by atoms with Crippen LogP contribution in [0, 0.1) is 0 Å². The maximum Gasteiger partial charge on any atom is 0.125 e. The second kappa shape index (κ2) is 4.23. The maximum absolute atomic E-state index is 9.97. The van der Waals surface area contributed by atoms with Gasteiger partial charge in [-0.25, -0.2) is 0 Å². The fourth-order valence-corrected chi connectivity index (χ4v) is 1.93. The molecule has 0 saturated carbocycles. The van der Waals surface area contributed by atoms with Crippen LogP contribution in [0.4, 0.5) is 0 Å². The SMILES string of the molecule is CC(C)c1ccc2c(c1)[C@H](O)CCCO2. The molecule has 1 aliphatic rings. The van der Waals surface area contributed by atoms with Gasteiger partial charge in [-0.2, -0.15) is 0 Å². The maximum atomic E-state index is 9.97. The molecule has 1 heterocycles. The number of hydrogen-bond donors (Lipinski definition) is 1. The summed E-state index contributed by atoms with van der Waals surface area (Å²) in [6.07, 6.45) is 1.36. The Hall–Kier alpha value is -1.02. The van der Waals surface area contributed by atoms with Crippen LogP contribution in [0.1, 0.15) is 49.8 Å². The van der Waals surface area contributed by atoms with Crippen LogP contribution in [0.2, 0.25) is 0 Å². The van der Waals surface area contributed by atoms with Gasteiger partial charge in [-0.1, -0.05) is 19.9 Å². The smallest absolute Gasteiger partial charge is 0.125 e. The highest BCUT2D eigenvalue weighted by Gasteiger charge is 2.18. The number of aliphatic hydroxyl groups excluding tert-OH is 1. The molecule has 0 aromatic heterocycles. The minimum atomic E-state index is -0.360. The topological polar surface area (TPSA) is 29.5 Å². The van der Waals surface area contributed by atoms with Gasteiger partial charge in [-0.15, -0.1) is 0 Å².